The van der Waals surface area contributed by atoms with Crippen LogP contribution >= 0.6 is 0 Å². The molecule has 0 saturated carbocycles. The van der Waals surface area contributed by atoms with E-state index in [1.54, 1.807) is 0 Å². The van der Waals surface area contributed by atoms with Gasteiger partial charge in [0.1, 0.15) is 0 Å². The number of aromatic nitrogens is 2. The predicted octanol–water partition coefficient (Wildman–Crippen LogP) is 1.60. The first-order valence-corrected chi connectivity index (χ1v) is 6.75. The predicted molar refractivity (Wildman–Crippen MR) is 74.2 cm³/mol. The molecule has 0 spiro atoms. The molecule has 3 rings (SSSR count). The van der Waals surface area contributed by atoms with Crippen LogP contribution in [0, 0.1) is 0 Å². The van der Waals surface area contributed by atoms with E-state index in [0.29, 0.717) is 5.69 Å². The number of benzene rings is 1. The molecule has 1 aliphatic rings. The molecule has 0 bridgehead atoms. The molecule has 0 unspecified atom stereocenters. The third-order valence-corrected chi connectivity index (χ3v) is 3.67. The van der Waals surface area contributed by atoms with Gasteiger partial charge in [0.25, 0.3) is 0 Å². The lowest BCUT2D eigenvalue weighted by atomic mass is 10.0. The van der Waals surface area contributed by atoms with Gasteiger partial charge >= 0.3 is 5.97 Å². The van der Waals surface area contributed by atoms with Gasteiger partial charge in [0.15, 0.2) is 0 Å². The minimum absolute atomic E-state index is 0.00892. The van der Waals surface area contributed by atoms with Gasteiger partial charge < -0.3 is 5.11 Å². The number of carboxylic acids is 1. The fourth-order valence-corrected chi connectivity index (χ4v) is 2.68. The van der Waals surface area contributed by atoms with Crippen LogP contribution in [0.4, 0.5) is 0 Å². The van der Waals surface area contributed by atoms with E-state index in [1.165, 1.54) is 5.56 Å². The second kappa shape index (κ2) is 5.46. The van der Waals surface area contributed by atoms with Crippen molar-refractivity contribution in [1.82, 2.24) is 15.1 Å². The largest absolute Gasteiger partial charge is 0.481 e. The summed E-state index contributed by atoms with van der Waals surface area (Å²) in [4.78, 5) is 13.2. The summed E-state index contributed by atoms with van der Waals surface area (Å²) in [5, 5.41) is 16.0. The molecule has 2 heterocycles. The standard InChI is InChI=1S/C15H17N3O2/c19-15(20)8-14-12-10-18(7-6-13(12)16-17-14)9-11-4-2-1-3-5-11/h1-5H,6-10H2,(H,16,17)(H,19,20). The lowest BCUT2D eigenvalue weighted by Gasteiger charge is -2.27. The van der Waals surface area contributed by atoms with Gasteiger partial charge in [-0.15, -0.1) is 0 Å². The minimum atomic E-state index is -0.834. The fourth-order valence-electron chi connectivity index (χ4n) is 2.68. The molecule has 0 radical (unpaired) electrons. The molecule has 5 heteroatoms. The van der Waals surface area contributed by atoms with Crippen LogP contribution < -0.4 is 0 Å². The summed E-state index contributed by atoms with van der Waals surface area (Å²) < 4.78 is 0. The van der Waals surface area contributed by atoms with E-state index >= 15 is 0 Å². The maximum absolute atomic E-state index is 10.9. The molecule has 0 fully saturated rings. The molecule has 1 aromatic heterocycles. The van der Waals surface area contributed by atoms with Crippen molar-refractivity contribution in [2.24, 2.45) is 0 Å². The lowest BCUT2D eigenvalue weighted by Crippen LogP contribution is -2.30. The Morgan fingerprint density at radius 2 is 2.15 bits per heavy atom. The molecule has 0 aliphatic carbocycles. The van der Waals surface area contributed by atoms with Crippen LogP contribution in [0.5, 0.6) is 0 Å². The SMILES string of the molecule is O=C(O)Cc1n[nH]c2c1CN(Cc1ccccc1)CC2. The topological polar surface area (TPSA) is 69.2 Å². The molecular formula is C15H17N3O2. The summed E-state index contributed by atoms with van der Waals surface area (Å²) in [6, 6.07) is 10.3. The summed E-state index contributed by atoms with van der Waals surface area (Å²) >= 11 is 0. The van der Waals surface area contributed by atoms with Crippen molar-refractivity contribution in [3.8, 4) is 0 Å². The number of hydrogen-bond acceptors (Lipinski definition) is 3. The minimum Gasteiger partial charge on any atom is -0.481 e. The highest BCUT2D eigenvalue weighted by molar-refractivity contribution is 5.70. The van der Waals surface area contributed by atoms with Crippen molar-refractivity contribution in [1.29, 1.82) is 0 Å². The van der Waals surface area contributed by atoms with E-state index in [1.807, 2.05) is 18.2 Å². The highest BCUT2D eigenvalue weighted by atomic mass is 16.4. The van der Waals surface area contributed by atoms with Crippen molar-refractivity contribution >= 4 is 5.97 Å². The molecule has 5 nitrogen and oxygen atoms in total. The summed E-state index contributed by atoms with van der Waals surface area (Å²) in [6.45, 7) is 2.62. The highest BCUT2D eigenvalue weighted by Gasteiger charge is 2.22. The Morgan fingerprint density at radius 1 is 1.35 bits per heavy atom. The Morgan fingerprint density at radius 3 is 2.90 bits per heavy atom. The number of aliphatic carboxylic acids is 1. The third kappa shape index (κ3) is 2.72. The molecule has 0 amide bonds. The van der Waals surface area contributed by atoms with Gasteiger partial charge in [-0.25, -0.2) is 0 Å². The van der Waals surface area contributed by atoms with E-state index in [4.69, 9.17) is 5.11 Å². The summed E-state index contributed by atoms with van der Waals surface area (Å²) in [5.74, 6) is -0.834. The van der Waals surface area contributed by atoms with Gasteiger partial charge in [-0.3, -0.25) is 14.8 Å². The van der Waals surface area contributed by atoms with Gasteiger partial charge in [0.05, 0.1) is 12.1 Å². The molecule has 2 N–H and O–H groups in total. The number of hydrogen-bond donors (Lipinski definition) is 2. The van der Waals surface area contributed by atoms with E-state index in [9.17, 15) is 4.79 Å². The van der Waals surface area contributed by atoms with Crippen LogP contribution in [-0.4, -0.2) is 32.7 Å². The van der Waals surface area contributed by atoms with Gasteiger partial charge in [-0.2, -0.15) is 5.10 Å². The number of fused-ring (bicyclic) bond motifs is 1. The zero-order valence-corrected chi connectivity index (χ0v) is 11.2. The van der Waals surface area contributed by atoms with Crippen molar-refractivity contribution in [3.05, 3.63) is 52.8 Å². The van der Waals surface area contributed by atoms with Gasteiger partial charge in [0.2, 0.25) is 0 Å². The number of aromatic amines is 1. The molecule has 20 heavy (non-hydrogen) atoms. The first-order valence-electron chi connectivity index (χ1n) is 6.75. The Balaban J connectivity index is 1.74. The lowest BCUT2D eigenvalue weighted by molar-refractivity contribution is -0.136. The number of carbonyl (C=O) groups is 1. The van der Waals surface area contributed by atoms with Gasteiger partial charge in [-0.1, -0.05) is 30.3 Å². The number of carboxylic acid groups (broad SMARTS) is 1. The van der Waals surface area contributed by atoms with Crippen molar-refractivity contribution in [3.63, 3.8) is 0 Å². The number of nitrogens with one attached hydrogen (secondary N) is 1. The maximum atomic E-state index is 10.9. The smallest absolute Gasteiger partial charge is 0.309 e. The second-order valence-corrected chi connectivity index (χ2v) is 5.14. The zero-order valence-electron chi connectivity index (χ0n) is 11.2. The van der Waals surface area contributed by atoms with Gasteiger partial charge in [-0.05, 0) is 5.56 Å². The Hall–Kier alpha value is -2.14. The van der Waals surface area contributed by atoms with Crippen LogP contribution in [-0.2, 0) is 30.7 Å². The Kier molecular flexibility index (Phi) is 3.52. The van der Waals surface area contributed by atoms with Crippen molar-refractivity contribution < 1.29 is 9.90 Å². The first kappa shape index (κ1) is 12.9. The van der Waals surface area contributed by atoms with E-state index < -0.39 is 5.97 Å². The van der Waals surface area contributed by atoms with Crippen LogP contribution in [0.25, 0.3) is 0 Å². The van der Waals surface area contributed by atoms with Crippen LogP contribution in [0.2, 0.25) is 0 Å². The summed E-state index contributed by atoms with van der Waals surface area (Å²) in [7, 11) is 0. The van der Waals surface area contributed by atoms with E-state index in [-0.39, 0.29) is 6.42 Å². The average molecular weight is 271 g/mol. The normalized spacial score (nSPS) is 15.0. The molecule has 1 aromatic carbocycles. The average Bonchev–Trinajstić information content (AvgIpc) is 2.82. The summed E-state index contributed by atoms with van der Waals surface area (Å²) in [5.41, 5.74) is 4.10. The molecule has 0 saturated heterocycles. The highest BCUT2D eigenvalue weighted by Crippen LogP contribution is 2.22. The molecule has 104 valence electrons. The fraction of sp³-hybridized carbons (Fsp3) is 0.333. The number of H-pyrrole nitrogens is 1. The molecule has 0 atom stereocenters. The maximum Gasteiger partial charge on any atom is 0.309 e. The number of nitrogens with zero attached hydrogens (tertiary/aromatic N) is 2. The van der Waals surface area contributed by atoms with Gasteiger partial charge in [0, 0.05) is 37.3 Å². The quantitative estimate of drug-likeness (QED) is 0.886. The van der Waals surface area contributed by atoms with Crippen LogP contribution in [0.1, 0.15) is 22.5 Å². The number of rotatable bonds is 4. The first-order chi connectivity index (χ1) is 9.72. The van der Waals surface area contributed by atoms with Crippen LogP contribution in [0.15, 0.2) is 30.3 Å². The monoisotopic (exact) mass is 271 g/mol. The third-order valence-electron chi connectivity index (χ3n) is 3.67. The second-order valence-electron chi connectivity index (χ2n) is 5.14. The summed E-state index contributed by atoms with van der Waals surface area (Å²) in [6.07, 6.45) is 0.889. The molecular weight excluding hydrogens is 254 g/mol. The van der Waals surface area contributed by atoms with Crippen LogP contribution in [0.3, 0.4) is 0 Å². The Bertz CT molecular complexity index is 607. The molecule has 1 aliphatic heterocycles. The van der Waals surface area contributed by atoms with E-state index in [0.717, 1.165) is 37.3 Å². The van der Waals surface area contributed by atoms with E-state index in [2.05, 4.69) is 27.2 Å². The molecule has 2 aromatic rings. The Labute approximate surface area is 117 Å². The van der Waals surface area contributed by atoms with Crippen molar-refractivity contribution in [2.45, 2.75) is 25.9 Å². The van der Waals surface area contributed by atoms with Crippen molar-refractivity contribution in [2.75, 3.05) is 6.54 Å². The zero-order chi connectivity index (χ0) is 13.9.